The van der Waals surface area contributed by atoms with Crippen LogP contribution in [-0.2, 0) is 14.0 Å². The van der Waals surface area contributed by atoms with Gasteiger partial charge in [0.15, 0.2) is 5.82 Å². The van der Waals surface area contributed by atoms with Crippen molar-refractivity contribution in [3.05, 3.63) is 48.0 Å². The lowest BCUT2D eigenvalue weighted by molar-refractivity contribution is 0.00578. The predicted octanol–water partition coefficient (Wildman–Crippen LogP) is 5.09. The number of amides is 2. The number of nitrogens with zero attached hydrogens (tertiary/aromatic N) is 5. The zero-order chi connectivity index (χ0) is 31.3. The van der Waals surface area contributed by atoms with Gasteiger partial charge in [-0.1, -0.05) is 6.07 Å². The molecule has 1 saturated heterocycles. The Morgan fingerprint density at radius 3 is 2.51 bits per heavy atom. The molecule has 1 aromatic carbocycles. The molecule has 0 saturated carbocycles. The number of imide groups is 1. The van der Waals surface area contributed by atoms with Crippen LogP contribution >= 0.6 is 0 Å². The summed E-state index contributed by atoms with van der Waals surface area (Å²) in [6.07, 6.45) is 1.92. The maximum absolute atomic E-state index is 15.7. The third-order valence-corrected chi connectivity index (χ3v) is 7.88. The van der Waals surface area contributed by atoms with Crippen LogP contribution in [0.1, 0.15) is 84.6 Å². The third-order valence-electron chi connectivity index (χ3n) is 7.88. The van der Waals surface area contributed by atoms with Crippen molar-refractivity contribution in [2.75, 3.05) is 11.5 Å². The summed E-state index contributed by atoms with van der Waals surface area (Å²) in [6.45, 7) is 14.7. The van der Waals surface area contributed by atoms with Crippen molar-refractivity contribution in [2.45, 2.75) is 91.1 Å². The number of pyridine rings is 1. The predicted molar refractivity (Wildman–Crippen MR) is 158 cm³/mol. The van der Waals surface area contributed by atoms with Crippen molar-refractivity contribution in [2.24, 2.45) is 0 Å². The van der Waals surface area contributed by atoms with Gasteiger partial charge in [-0.2, -0.15) is 4.90 Å². The summed E-state index contributed by atoms with van der Waals surface area (Å²) in [7, 11) is -1.10. The van der Waals surface area contributed by atoms with Crippen LogP contribution in [0.15, 0.2) is 36.7 Å². The molecule has 11 nitrogen and oxygen atoms in total. The topological polar surface area (TPSA) is 118 Å². The summed E-state index contributed by atoms with van der Waals surface area (Å²) in [5.74, 6) is -1.05. The van der Waals surface area contributed by atoms with Crippen molar-refractivity contribution < 1.29 is 32.8 Å². The molecule has 0 spiro atoms. The fourth-order valence-electron chi connectivity index (χ4n) is 4.84. The molecule has 3 aromatic rings. The number of rotatable bonds is 1. The van der Waals surface area contributed by atoms with Gasteiger partial charge in [-0.05, 0) is 86.4 Å². The van der Waals surface area contributed by atoms with E-state index in [0.29, 0.717) is 24.4 Å². The number of fused-ring (bicyclic) bond motifs is 5. The Hall–Kier alpha value is -3.84. The van der Waals surface area contributed by atoms with Crippen molar-refractivity contribution in [3.8, 4) is 17.3 Å². The lowest BCUT2D eigenvalue weighted by atomic mass is 9.77. The Morgan fingerprint density at radius 1 is 1.14 bits per heavy atom. The average Bonchev–Trinajstić information content (AvgIpc) is 3.47. The number of anilines is 1. The number of hydrogen-bond acceptors (Lipinski definition) is 9. The van der Waals surface area contributed by atoms with E-state index in [1.54, 1.807) is 39.2 Å². The second kappa shape index (κ2) is 11.0. The number of ether oxygens (including phenoxy) is 2. The smallest absolute Gasteiger partial charge is 0.493 e. The van der Waals surface area contributed by atoms with Crippen molar-refractivity contribution in [3.63, 3.8) is 0 Å². The second-order valence-corrected chi connectivity index (χ2v) is 12.9. The van der Waals surface area contributed by atoms with Gasteiger partial charge < -0.3 is 23.3 Å². The molecule has 1 atom stereocenters. The largest absolute Gasteiger partial charge is 0.497 e. The van der Waals surface area contributed by atoms with E-state index >= 15 is 4.39 Å². The molecule has 2 aliphatic heterocycles. The normalized spacial score (nSPS) is 20.1. The minimum Gasteiger partial charge on any atom is -0.493 e. The molecule has 1 unspecified atom stereocenters. The monoisotopic (exact) mass is 593 g/mol. The molecule has 0 radical (unpaired) electrons. The maximum atomic E-state index is 15.7. The van der Waals surface area contributed by atoms with Crippen LogP contribution in [-0.4, -0.2) is 62.3 Å². The van der Waals surface area contributed by atoms with Crippen molar-refractivity contribution in [1.82, 2.24) is 19.7 Å². The van der Waals surface area contributed by atoms with Gasteiger partial charge in [0.1, 0.15) is 35.0 Å². The fraction of sp³-hybridized carbons (Fsp3) is 0.500. The van der Waals surface area contributed by atoms with Gasteiger partial charge in [-0.3, -0.25) is 4.79 Å². The zero-order valence-electron chi connectivity index (χ0n) is 25.8. The number of carbonyl (C=O) groups excluding carboxylic acids is 2. The van der Waals surface area contributed by atoms with E-state index in [1.165, 1.54) is 12.1 Å². The molecule has 228 valence electrons. The Balaban J connectivity index is 1.67. The molecule has 43 heavy (non-hydrogen) atoms. The first-order valence-electron chi connectivity index (χ1n) is 14.3. The van der Waals surface area contributed by atoms with Crippen molar-refractivity contribution >= 4 is 30.4 Å². The van der Waals surface area contributed by atoms with E-state index in [2.05, 4.69) is 15.2 Å². The highest BCUT2D eigenvalue weighted by Crippen LogP contribution is 2.37. The number of carbonyl (C=O) groups is 2. The van der Waals surface area contributed by atoms with Gasteiger partial charge in [0.25, 0.3) is 5.91 Å². The standard InChI is InChI=1S/C30H37BFN5O6/c1-18-11-10-14-40-23-16-21(32)20(31-42-29(5,6)30(7,8)43-31)15-19(23)26(38)37(27(39)41-28(2,3)4)24-13-9-12-22(34-24)25-35-33-17-36(18)25/h9,12-13,15-18H,10-11,14H2,1-8H3. The van der Waals surface area contributed by atoms with Gasteiger partial charge in [0.2, 0.25) is 0 Å². The lowest BCUT2D eigenvalue weighted by Crippen LogP contribution is -2.43. The highest BCUT2D eigenvalue weighted by molar-refractivity contribution is 6.62. The number of aromatic nitrogens is 4. The molecule has 5 rings (SSSR count). The van der Waals surface area contributed by atoms with Crippen molar-refractivity contribution in [1.29, 1.82) is 0 Å². The van der Waals surface area contributed by atoms with E-state index in [4.69, 9.17) is 18.8 Å². The van der Waals surface area contributed by atoms with Crippen LogP contribution in [0.3, 0.4) is 0 Å². The maximum Gasteiger partial charge on any atom is 0.497 e. The molecule has 1 fully saturated rings. The van der Waals surface area contributed by atoms with Crippen LogP contribution in [0, 0.1) is 5.82 Å². The molecular formula is C30H37BFN5O6. The molecule has 4 heterocycles. The number of hydrogen-bond donors (Lipinski definition) is 0. The first-order valence-corrected chi connectivity index (χ1v) is 14.3. The van der Waals surface area contributed by atoms with Crippen LogP contribution in [0.25, 0.3) is 11.5 Å². The zero-order valence-corrected chi connectivity index (χ0v) is 25.8. The van der Waals surface area contributed by atoms with Crippen LogP contribution < -0.4 is 15.1 Å². The van der Waals surface area contributed by atoms with Gasteiger partial charge in [-0.25, -0.2) is 14.2 Å². The summed E-state index contributed by atoms with van der Waals surface area (Å²) in [4.78, 5) is 33.5. The molecule has 2 aromatic heterocycles. The molecule has 0 aliphatic carbocycles. The Kier molecular flexibility index (Phi) is 7.85. The Morgan fingerprint density at radius 2 is 1.84 bits per heavy atom. The quantitative estimate of drug-likeness (QED) is 0.356. The number of benzene rings is 1. The van der Waals surface area contributed by atoms with Gasteiger partial charge in [0, 0.05) is 17.6 Å². The lowest BCUT2D eigenvalue weighted by Gasteiger charge is -2.32. The van der Waals surface area contributed by atoms with E-state index < -0.39 is 41.7 Å². The molecule has 0 N–H and O–H groups in total. The average molecular weight is 593 g/mol. The SMILES string of the molecule is CC1CCCOc2cc(F)c(B3OC(C)(C)C(C)(C)O3)cc2C(=O)N(C(=O)OC(C)(C)C)c2cccc(n2)-c2nncn21. The Bertz CT molecular complexity index is 1540. The molecule has 13 heteroatoms. The summed E-state index contributed by atoms with van der Waals surface area (Å²) >= 11 is 0. The highest BCUT2D eigenvalue weighted by atomic mass is 19.1. The van der Waals surface area contributed by atoms with Gasteiger partial charge in [-0.15, -0.1) is 10.2 Å². The first kappa shape index (κ1) is 30.6. The molecule has 2 aliphatic rings. The van der Waals surface area contributed by atoms with E-state index in [9.17, 15) is 9.59 Å². The molecule has 2 bridgehead atoms. The summed E-state index contributed by atoms with van der Waals surface area (Å²) in [6, 6.07) is 7.34. The van der Waals surface area contributed by atoms with Crippen LogP contribution in [0.2, 0.25) is 0 Å². The van der Waals surface area contributed by atoms with E-state index in [0.717, 1.165) is 11.0 Å². The minimum atomic E-state index is -1.10. The number of halogens is 1. The summed E-state index contributed by atoms with van der Waals surface area (Å²) in [5.41, 5.74) is -2.09. The van der Waals surface area contributed by atoms with Crippen LogP contribution in [0.5, 0.6) is 5.75 Å². The second-order valence-electron chi connectivity index (χ2n) is 12.9. The van der Waals surface area contributed by atoms with Gasteiger partial charge >= 0.3 is 13.2 Å². The molecular weight excluding hydrogens is 556 g/mol. The summed E-state index contributed by atoms with van der Waals surface area (Å²) in [5, 5.41) is 8.32. The Labute approximate surface area is 250 Å². The molecule has 2 amide bonds. The first-order chi connectivity index (χ1) is 20.1. The van der Waals surface area contributed by atoms with Crippen LogP contribution in [0.4, 0.5) is 15.0 Å². The van der Waals surface area contributed by atoms with Gasteiger partial charge in [0.05, 0.1) is 23.4 Å². The van der Waals surface area contributed by atoms with E-state index in [-0.39, 0.29) is 35.2 Å². The summed E-state index contributed by atoms with van der Waals surface area (Å²) < 4.78 is 41.4. The third kappa shape index (κ3) is 6.01. The fourth-order valence-corrected chi connectivity index (χ4v) is 4.84. The highest BCUT2D eigenvalue weighted by Gasteiger charge is 2.53. The van der Waals surface area contributed by atoms with E-state index in [1.807, 2.05) is 39.2 Å². The minimum absolute atomic E-state index is 0.00281.